The van der Waals surface area contributed by atoms with Crippen molar-refractivity contribution in [1.29, 1.82) is 0 Å². The molecule has 1 heterocycles. The first kappa shape index (κ1) is 12.0. The second-order valence-corrected chi connectivity index (χ2v) is 5.54. The van der Waals surface area contributed by atoms with E-state index in [2.05, 4.69) is 9.55 Å². The first-order valence-electron chi connectivity index (χ1n) is 5.88. The van der Waals surface area contributed by atoms with Crippen LogP contribution in [0.15, 0.2) is 30.7 Å². The fraction of sp³-hybridized carbons (Fsp3) is 0.308. The fourth-order valence-corrected chi connectivity index (χ4v) is 2.74. The Morgan fingerprint density at radius 1 is 1.28 bits per heavy atom. The quantitative estimate of drug-likeness (QED) is 0.915. The van der Waals surface area contributed by atoms with Gasteiger partial charge in [-0.2, -0.15) is 0 Å². The molecule has 0 aliphatic heterocycles. The lowest BCUT2D eigenvalue weighted by Gasteiger charge is -2.34. The summed E-state index contributed by atoms with van der Waals surface area (Å²) < 4.78 is 2.14. The van der Waals surface area contributed by atoms with Gasteiger partial charge in [0.1, 0.15) is 0 Å². The van der Waals surface area contributed by atoms with Crippen LogP contribution in [0.25, 0.3) is 11.3 Å². The van der Waals surface area contributed by atoms with Gasteiger partial charge in [0.05, 0.1) is 23.2 Å². The van der Waals surface area contributed by atoms with Gasteiger partial charge in [-0.25, -0.2) is 4.98 Å². The zero-order chi connectivity index (χ0) is 12.7. The van der Waals surface area contributed by atoms with Gasteiger partial charge in [0.2, 0.25) is 0 Å². The smallest absolute Gasteiger partial charge is 0.0953 e. The molecule has 0 unspecified atom stereocenters. The molecule has 0 saturated heterocycles. The maximum absolute atomic E-state index is 6.23. The molecule has 18 heavy (non-hydrogen) atoms. The summed E-state index contributed by atoms with van der Waals surface area (Å²) in [6.45, 7) is 0. The molecule has 0 amide bonds. The van der Waals surface area contributed by atoms with Crippen LogP contribution in [0.3, 0.4) is 0 Å². The van der Waals surface area contributed by atoms with Crippen molar-refractivity contribution < 1.29 is 0 Å². The van der Waals surface area contributed by atoms with E-state index in [0.717, 1.165) is 24.1 Å². The molecule has 2 N–H and O–H groups in total. The number of halogens is 2. The summed E-state index contributed by atoms with van der Waals surface area (Å²) in [6.07, 6.45) is 5.63. The van der Waals surface area contributed by atoms with Gasteiger partial charge in [0.25, 0.3) is 0 Å². The van der Waals surface area contributed by atoms with Crippen LogP contribution in [0.2, 0.25) is 10.0 Å². The van der Waals surface area contributed by atoms with Crippen LogP contribution < -0.4 is 5.73 Å². The van der Waals surface area contributed by atoms with Crippen LogP contribution in [0.5, 0.6) is 0 Å². The van der Waals surface area contributed by atoms with Crippen molar-refractivity contribution in [2.24, 2.45) is 5.73 Å². The highest BCUT2D eigenvalue weighted by atomic mass is 35.5. The molecule has 3 rings (SSSR count). The van der Waals surface area contributed by atoms with Crippen molar-refractivity contribution in [3.63, 3.8) is 0 Å². The largest absolute Gasteiger partial charge is 0.328 e. The van der Waals surface area contributed by atoms with Gasteiger partial charge in [-0.1, -0.05) is 23.2 Å². The van der Waals surface area contributed by atoms with E-state index in [9.17, 15) is 0 Å². The van der Waals surface area contributed by atoms with E-state index < -0.39 is 0 Å². The standard InChI is InChI=1S/C13H13Cl2N3/c14-8-1-2-12(15)11(3-8)13-6-17-7-18(13)10-4-9(16)5-10/h1-3,6-7,9-10H,4-5,16H2. The number of hydrogen-bond acceptors (Lipinski definition) is 2. The maximum atomic E-state index is 6.23. The molecule has 1 saturated carbocycles. The average Bonchev–Trinajstić information content (AvgIpc) is 2.76. The molecular weight excluding hydrogens is 269 g/mol. The topological polar surface area (TPSA) is 43.8 Å². The highest BCUT2D eigenvalue weighted by Gasteiger charge is 2.29. The van der Waals surface area contributed by atoms with E-state index >= 15 is 0 Å². The molecule has 1 aromatic heterocycles. The van der Waals surface area contributed by atoms with Crippen LogP contribution in [0.4, 0.5) is 0 Å². The van der Waals surface area contributed by atoms with Gasteiger partial charge >= 0.3 is 0 Å². The molecule has 3 nitrogen and oxygen atoms in total. The Morgan fingerprint density at radius 3 is 2.78 bits per heavy atom. The maximum Gasteiger partial charge on any atom is 0.0953 e. The predicted octanol–water partition coefficient (Wildman–Crippen LogP) is 3.52. The fourth-order valence-electron chi connectivity index (χ4n) is 2.36. The lowest BCUT2D eigenvalue weighted by atomic mass is 9.87. The van der Waals surface area contributed by atoms with Crippen LogP contribution in [-0.2, 0) is 0 Å². The highest BCUT2D eigenvalue weighted by Crippen LogP contribution is 2.37. The van der Waals surface area contributed by atoms with Gasteiger partial charge in [0.15, 0.2) is 0 Å². The minimum atomic E-state index is 0.306. The zero-order valence-corrected chi connectivity index (χ0v) is 11.2. The van der Waals surface area contributed by atoms with Crippen LogP contribution in [0, 0.1) is 0 Å². The number of imidazole rings is 1. The summed E-state index contributed by atoms with van der Waals surface area (Å²) in [5, 5.41) is 1.36. The monoisotopic (exact) mass is 281 g/mol. The van der Waals surface area contributed by atoms with Crippen molar-refractivity contribution in [2.75, 3.05) is 0 Å². The molecule has 5 heteroatoms. The predicted molar refractivity (Wildman–Crippen MR) is 73.9 cm³/mol. The van der Waals surface area contributed by atoms with Crippen molar-refractivity contribution in [3.05, 3.63) is 40.8 Å². The van der Waals surface area contributed by atoms with Crippen molar-refractivity contribution in [3.8, 4) is 11.3 Å². The molecule has 1 fully saturated rings. The molecule has 1 aliphatic carbocycles. The third kappa shape index (κ3) is 2.03. The number of aromatic nitrogens is 2. The first-order valence-corrected chi connectivity index (χ1v) is 6.63. The van der Waals surface area contributed by atoms with Gasteiger partial charge in [0, 0.05) is 22.7 Å². The average molecular weight is 282 g/mol. The third-order valence-electron chi connectivity index (χ3n) is 3.41. The Hall–Kier alpha value is -1.03. The van der Waals surface area contributed by atoms with E-state index in [4.69, 9.17) is 28.9 Å². The number of hydrogen-bond donors (Lipinski definition) is 1. The van der Waals surface area contributed by atoms with Crippen LogP contribution in [-0.4, -0.2) is 15.6 Å². The highest BCUT2D eigenvalue weighted by molar-refractivity contribution is 6.35. The Balaban J connectivity index is 2.02. The minimum Gasteiger partial charge on any atom is -0.328 e. The molecule has 0 atom stereocenters. The lowest BCUT2D eigenvalue weighted by molar-refractivity contribution is 0.268. The SMILES string of the molecule is NC1CC(n2cncc2-c2cc(Cl)ccc2Cl)C1. The van der Waals surface area contributed by atoms with Crippen LogP contribution >= 0.6 is 23.2 Å². The summed E-state index contributed by atoms with van der Waals surface area (Å²) in [7, 11) is 0. The van der Waals surface area contributed by atoms with Gasteiger partial charge in [-0.3, -0.25) is 0 Å². The van der Waals surface area contributed by atoms with Gasteiger partial charge in [-0.15, -0.1) is 0 Å². The molecule has 0 bridgehead atoms. The number of rotatable bonds is 2. The summed E-state index contributed by atoms with van der Waals surface area (Å²) in [6, 6.07) is 6.19. The molecule has 0 radical (unpaired) electrons. The van der Waals surface area contributed by atoms with Crippen molar-refractivity contribution in [1.82, 2.24) is 9.55 Å². The first-order chi connectivity index (χ1) is 8.65. The van der Waals surface area contributed by atoms with Crippen molar-refractivity contribution in [2.45, 2.75) is 24.9 Å². The Labute approximate surface area is 116 Å². The Bertz CT molecular complexity index is 573. The molecule has 2 aromatic rings. The van der Waals surface area contributed by atoms with E-state index in [1.807, 2.05) is 24.7 Å². The third-order valence-corrected chi connectivity index (χ3v) is 3.98. The lowest BCUT2D eigenvalue weighted by Crippen LogP contribution is -2.37. The molecule has 0 spiro atoms. The second-order valence-electron chi connectivity index (χ2n) is 4.70. The van der Waals surface area contributed by atoms with Crippen LogP contribution in [0.1, 0.15) is 18.9 Å². The Morgan fingerprint density at radius 2 is 2.06 bits per heavy atom. The number of nitrogens with zero attached hydrogens (tertiary/aromatic N) is 2. The van der Waals surface area contributed by atoms with E-state index in [0.29, 0.717) is 22.1 Å². The van der Waals surface area contributed by atoms with Gasteiger partial charge < -0.3 is 10.3 Å². The summed E-state index contributed by atoms with van der Waals surface area (Å²) in [5.74, 6) is 0. The summed E-state index contributed by atoms with van der Waals surface area (Å²) >= 11 is 12.3. The molecule has 1 aromatic carbocycles. The van der Waals surface area contributed by atoms with E-state index in [-0.39, 0.29) is 0 Å². The molecule has 1 aliphatic rings. The summed E-state index contributed by atoms with van der Waals surface area (Å²) in [5.41, 5.74) is 7.75. The van der Waals surface area contributed by atoms with Gasteiger partial charge in [-0.05, 0) is 31.0 Å². The molecule has 94 valence electrons. The van der Waals surface area contributed by atoms with E-state index in [1.165, 1.54) is 0 Å². The normalized spacial score (nSPS) is 22.8. The molecular formula is C13H13Cl2N3. The minimum absolute atomic E-state index is 0.306. The van der Waals surface area contributed by atoms with Crippen molar-refractivity contribution >= 4 is 23.2 Å². The number of nitrogens with two attached hydrogens (primary N) is 1. The zero-order valence-electron chi connectivity index (χ0n) is 9.68. The second kappa shape index (κ2) is 4.57. The number of benzene rings is 1. The Kier molecular flexibility index (Phi) is 3.06. The van der Waals surface area contributed by atoms with E-state index in [1.54, 1.807) is 6.07 Å². The summed E-state index contributed by atoms with van der Waals surface area (Å²) in [4.78, 5) is 4.22.